The van der Waals surface area contributed by atoms with E-state index in [1.54, 1.807) is 70.4 Å². The smallest absolute Gasteiger partial charge is 0.185 e. The van der Waals surface area contributed by atoms with E-state index in [2.05, 4.69) is 81.0 Å². The highest BCUT2D eigenvalue weighted by atomic mass is 79.9. The number of thiophene rings is 1. The topological polar surface area (TPSA) is 144 Å². The maximum Gasteiger partial charge on any atom is 0.185 e. The van der Waals surface area contributed by atoms with E-state index < -0.39 is 6.10 Å². The molecule has 3 N–H and O–H groups in total. The Kier molecular flexibility index (Phi) is 9.53. The Morgan fingerprint density at radius 1 is 0.935 bits per heavy atom. The van der Waals surface area contributed by atoms with Crippen molar-refractivity contribution in [2.24, 2.45) is 0 Å². The standard InChI is InChI=1S/C17H14BrN5OS.C14H14BrN5O/c1-11-4-6-25-16(11)14-7-15(23-17(21-14)13(18)9-20-23)19-8-12-3-2-5-22(24)10-12;1-9(21)12-5-13(17-7-10-3-2-4-16-6-10)20-14(19-12)11(15)8-18-20/h2-7,9-10,19H,8H2,1H3;2-6,8-9,17,21H,7H2,1H3. The van der Waals surface area contributed by atoms with Gasteiger partial charge in [-0.05, 0) is 80.4 Å². The van der Waals surface area contributed by atoms with Gasteiger partial charge in [0.1, 0.15) is 11.6 Å². The summed E-state index contributed by atoms with van der Waals surface area (Å²) >= 11 is 8.59. The molecule has 46 heavy (non-hydrogen) atoms. The molecule has 1 atom stereocenters. The van der Waals surface area contributed by atoms with Crippen LogP contribution >= 0.6 is 43.2 Å². The molecule has 0 spiro atoms. The van der Waals surface area contributed by atoms with E-state index in [1.165, 1.54) is 11.8 Å². The summed E-state index contributed by atoms with van der Waals surface area (Å²) in [7, 11) is 0. The van der Waals surface area contributed by atoms with Crippen molar-refractivity contribution in [1.82, 2.24) is 34.2 Å². The van der Waals surface area contributed by atoms with Gasteiger partial charge in [-0.25, -0.2) is 9.97 Å². The molecule has 1 unspecified atom stereocenters. The molecular weight excluding hydrogens is 736 g/mol. The van der Waals surface area contributed by atoms with Crippen LogP contribution in [0.25, 0.3) is 21.9 Å². The van der Waals surface area contributed by atoms with Crippen LogP contribution in [0.3, 0.4) is 0 Å². The number of pyridine rings is 2. The summed E-state index contributed by atoms with van der Waals surface area (Å²) in [4.78, 5) is 14.4. The molecule has 0 fully saturated rings. The lowest BCUT2D eigenvalue weighted by molar-refractivity contribution is -0.605. The van der Waals surface area contributed by atoms with Crippen molar-refractivity contribution < 1.29 is 9.84 Å². The van der Waals surface area contributed by atoms with Crippen LogP contribution in [0.15, 0.2) is 94.0 Å². The van der Waals surface area contributed by atoms with Crippen molar-refractivity contribution in [2.45, 2.75) is 33.0 Å². The number of hydrogen-bond acceptors (Lipinski definition) is 10. The minimum absolute atomic E-state index is 0.516. The molecule has 0 saturated heterocycles. The molecule has 0 aromatic carbocycles. The lowest BCUT2D eigenvalue weighted by atomic mass is 10.2. The zero-order valence-electron chi connectivity index (χ0n) is 24.7. The fraction of sp³-hybridized carbons (Fsp3) is 0.161. The van der Waals surface area contributed by atoms with Gasteiger partial charge < -0.3 is 20.9 Å². The summed E-state index contributed by atoms with van der Waals surface area (Å²) in [6.45, 7) is 4.90. The van der Waals surface area contributed by atoms with Crippen molar-refractivity contribution in [3.05, 3.63) is 122 Å². The summed E-state index contributed by atoms with van der Waals surface area (Å²) < 4.78 is 5.87. The number of aliphatic hydroxyl groups excluding tert-OH is 1. The maximum atomic E-state index is 11.4. The quantitative estimate of drug-likeness (QED) is 0.120. The van der Waals surface area contributed by atoms with Gasteiger partial charge >= 0.3 is 0 Å². The Balaban J connectivity index is 0.000000164. The molecule has 7 heterocycles. The van der Waals surface area contributed by atoms with Gasteiger partial charge in [0.05, 0.1) is 43.7 Å². The second-order valence-corrected chi connectivity index (χ2v) is 12.9. The molecule has 15 heteroatoms. The van der Waals surface area contributed by atoms with Gasteiger partial charge in [0.15, 0.2) is 23.7 Å². The van der Waals surface area contributed by atoms with E-state index in [-0.39, 0.29) is 0 Å². The molecule has 0 amide bonds. The fourth-order valence-electron chi connectivity index (χ4n) is 4.60. The molecule has 12 nitrogen and oxygen atoms in total. The predicted molar refractivity (Wildman–Crippen MR) is 184 cm³/mol. The van der Waals surface area contributed by atoms with E-state index in [0.29, 0.717) is 24.4 Å². The van der Waals surface area contributed by atoms with E-state index in [4.69, 9.17) is 4.98 Å². The number of rotatable bonds is 8. The van der Waals surface area contributed by atoms with Gasteiger partial charge in [0.25, 0.3) is 0 Å². The Hall–Kier alpha value is -4.44. The SMILES string of the molecule is CC(O)c1cc(NCc2cccnc2)n2ncc(Br)c2n1.Cc1ccsc1-c1cc(NCc2ccc[n+]([O-])c2)n2ncc(Br)c2n1. The number of aryl methyl sites for hydroxylation is 1. The zero-order chi connectivity index (χ0) is 32.2. The molecule has 0 bridgehead atoms. The Morgan fingerprint density at radius 2 is 1.61 bits per heavy atom. The second-order valence-electron chi connectivity index (χ2n) is 10.3. The number of fused-ring (bicyclic) bond motifs is 2. The largest absolute Gasteiger partial charge is 0.619 e. The molecule has 7 aromatic heterocycles. The molecule has 0 aliphatic heterocycles. The van der Waals surface area contributed by atoms with Gasteiger partial charge in [0, 0.05) is 49.2 Å². The number of hydrogen-bond donors (Lipinski definition) is 3. The average molecular weight is 765 g/mol. The van der Waals surface area contributed by atoms with Gasteiger partial charge in [-0.1, -0.05) is 6.07 Å². The lowest BCUT2D eigenvalue weighted by Gasteiger charge is -2.11. The first-order valence-corrected chi connectivity index (χ1v) is 16.6. The molecule has 0 radical (unpaired) electrons. The highest BCUT2D eigenvalue weighted by Gasteiger charge is 2.15. The molecule has 0 aliphatic carbocycles. The van der Waals surface area contributed by atoms with Crippen LogP contribution in [-0.4, -0.2) is 39.3 Å². The first kappa shape index (κ1) is 31.5. The van der Waals surface area contributed by atoms with Crippen LogP contribution in [-0.2, 0) is 13.1 Å². The van der Waals surface area contributed by atoms with Crippen LogP contribution in [0.5, 0.6) is 0 Å². The first-order chi connectivity index (χ1) is 22.3. The molecule has 0 saturated carbocycles. The van der Waals surface area contributed by atoms with Crippen LogP contribution in [0.1, 0.15) is 35.4 Å². The summed E-state index contributed by atoms with van der Waals surface area (Å²) in [6.07, 6.45) is 9.33. The molecule has 0 aliphatic rings. The van der Waals surface area contributed by atoms with Crippen molar-refractivity contribution in [1.29, 1.82) is 0 Å². The van der Waals surface area contributed by atoms with Gasteiger partial charge in [-0.3, -0.25) is 4.98 Å². The van der Waals surface area contributed by atoms with Crippen molar-refractivity contribution in [3.63, 3.8) is 0 Å². The van der Waals surface area contributed by atoms with Crippen molar-refractivity contribution in [3.8, 4) is 10.6 Å². The first-order valence-electron chi connectivity index (χ1n) is 14.1. The summed E-state index contributed by atoms with van der Waals surface area (Å²) in [5, 5.41) is 38.6. The van der Waals surface area contributed by atoms with Crippen LogP contribution in [0.4, 0.5) is 11.6 Å². The summed E-state index contributed by atoms with van der Waals surface area (Å²) in [5.74, 6) is 1.59. The Labute approximate surface area is 284 Å². The number of nitrogens with zero attached hydrogens (tertiary/aromatic N) is 8. The van der Waals surface area contributed by atoms with E-state index in [0.717, 1.165) is 52.7 Å². The van der Waals surface area contributed by atoms with Gasteiger partial charge in [-0.2, -0.15) is 24.0 Å². The zero-order valence-corrected chi connectivity index (χ0v) is 28.7. The van der Waals surface area contributed by atoms with Crippen molar-refractivity contribution in [2.75, 3.05) is 10.6 Å². The van der Waals surface area contributed by atoms with Gasteiger partial charge in [0.2, 0.25) is 0 Å². The van der Waals surface area contributed by atoms with Crippen molar-refractivity contribution >= 4 is 66.1 Å². The predicted octanol–water partition coefficient (Wildman–Crippen LogP) is 6.33. The fourth-order valence-corrected chi connectivity index (χ4v) is 6.19. The third kappa shape index (κ3) is 7.02. The maximum absolute atomic E-state index is 11.4. The molecular formula is C31H28Br2N10O2S. The molecule has 7 rings (SSSR count). The second kappa shape index (κ2) is 13.9. The molecule has 7 aromatic rings. The van der Waals surface area contributed by atoms with Crippen LogP contribution < -0.4 is 15.4 Å². The third-order valence-electron chi connectivity index (χ3n) is 6.91. The van der Waals surface area contributed by atoms with E-state index in [9.17, 15) is 10.3 Å². The number of halogens is 2. The number of aromatic nitrogens is 8. The van der Waals surface area contributed by atoms with E-state index >= 15 is 0 Å². The van der Waals surface area contributed by atoms with Crippen LogP contribution in [0, 0.1) is 12.1 Å². The number of anilines is 2. The van der Waals surface area contributed by atoms with Gasteiger partial charge in [-0.15, -0.1) is 11.3 Å². The highest BCUT2D eigenvalue weighted by Crippen LogP contribution is 2.31. The minimum atomic E-state index is -0.643. The molecule has 234 valence electrons. The third-order valence-corrected chi connectivity index (χ3v) is 9.06. The van der Waals surface area contributed by atoms with Crippen LogP contribution in [0.2, 0.25) is 0 Å². The summed E-state index contributed by atoms with van der Waals surface area (Å²) in [6, 6.07) is 13.4. The Bertz CT molecular complexity index is 2110. The highest BCUT2D eigenvalue weighted by molar-refractivity contribution is 9.11. The van der Waals surface area contributed by atoms with E-state index in [1.807, 2.05) is 24.3 Å². The summed E-state index contributed by atoms with van der Waals surface area (Å²) in [5.41, 5.74) is 6.06. The normalized spacial score (nSPS) is 11.8. The number of nitrogens with one attached hydrogen (secondary N) is 2. The monoisotopic (exact) mass is 762 g/mol. The Morgan fingerprint density at radius 3 is 2.24 bits per heavy atom. The number of aliphatic hydroxyl groups is 1. The average Bonchev–Trinajstić information content (AvgIpc) is 3.77. The minimum Gasteiger partial charge on any atom is -0.619 e. The lowest BCUT2D eigenvalue weighted by Crippen LogP contribution is -2.25.